The molecule has 13 rings (SSSR count). The van der Waals surface area contributed by atoms with Crippen molar-refractivity contribution in [3.05, 3.63) is 224 Å². The van der Waals surface area contributed by atoms with Crippen LogP contribution in [0.3, 0.4) is 0 Å². The molecule has 0 atom stereocenters. The van der Waals surface area contributed by atoms with Gasteiger partial charge in [0.2, 0.25) is 0 Å². The predicted octanol–water partition coefficient (Wildman–Crippen LogP) is 18.5. The molecule has 0 amide bonds. The first-order chi connectivity index (χ1) is 31.7. The number of furan rings is 1. The summed E-state index contributed by atoms with van der Waals surface area (Å²) in [6.45, 7) is 0. The van der Waals surface area contributed by atoms with E-state index in [0.717, 1.165) is 61.3 Å². The highest BCUT2D eigenvalue weighted by Crippen LogP contribution is 2.52. The van der Waals surface area contributed by atoms with Crippen LogP contribution in [0.4, 0.5) is 17.1 Å². The molecule has 3 aromatic heterocycles. The Hall–Kier alpha value is -7.76. The quantitative estimate of drug-likeness (QED) is 0.159. The Labute approximate surface area is 378 Å². The van der Waals surface area contributed by atoms with Gasteiger partial charge in [0.1, 0.15) is 11.2 Å². The summed E-state index contributed by atoms with van der Waals surface area (Å²) in [5.41, 5.74) is 14.3. The highest BCUT2D eigenvalue weighted by Gasteiger charge is 2.26. The molecule has 0 N–H and O–H groups in total. The van der Waals surface area contributed by atoms with Crippen LogP contribution in [0, 0.1) is 0 Å². The topological polar surface area (TPSA) is 16.4 Å². The molecule has 0 spiro atoms. The van der Waals surface area contributed by atoms with Crippen molar-refractivity contribution >= 4 is 102 Å². The van der Waals surface area contributed by atoms with Crippen LogP contribution in [0.2, 0.25) is 0 Å². The second-order valence-corrected chi connectivity index (χ2v) is 18.6. The third-order valence-electron chi connectivity index (χ3n) is 12.7. The predicted molar refractivity (Wildman–Crippen MR) is 276 cm³/mol. The summed E-state index contributed by atoms with van der Waals surface area (Å²) in [7, 11) is 0. The van der Waals surface area contributed by atoms with Gasteiger partial charge in [0.05, 0.1) is 16.8 Å². The minimum Gasteiger partial charge on any atom is -0.455 e. The summed E-state index contributed by atoms with van der Waals surface area (Å²) in [6.07, 6.45) is 0. The molecule has 0 bridgehead atoms. The number of fused-ring (bicyclic) bond motifs is 9. The minimum absolute atomic E-state index is 0.860. The second-order valence-electron chi connectivity index (χ2n) is 16.4. The van der Waals surface area contributed by atoms with E-state index in [1.165, 1.54) is 62.6 Å². The standard InChI is InChI=1S/C60H37NOS2/c1-5-15-38(16-6-1)42-25-28-49-53(34-42)62-60-46(41-21-11-4-12-22-41)31-32-51(59(49)60)61(45-27-30-48-47-23-13-14-24-54(47)63-56(48)37-45)52-33-44(40-19-9-3-10-20-40)36-57-58(52)50-29-26-43(35-55(50)64-57)39-17-7-2-8-18-39/h1-37H. The van der Waals surface area contributed by atoms with Crippen molar-refractivity contribution in [2.45, 2.75) is 0 Å². The summed E-state index contributed by atoms with van der Waals surface area (Å²) in [5.74, 6) is 0. The zero-order chi connectivity index (χ0) is 42.1. The molecule has 10 aromatic carbocycles. The molecular formula is C60H37NOS2. The van der Waals surface area contributed by atoms with Crippen molar-refractivity contribution in [3.8, 4) is 44.5 Å². The van der Waals surface area contributed by atoms with Gasteiger partial charge >= 0.3 is 0 Å². The van der Waals surface area contributed by atoms with Gasteiger partial charge in [-0.3, -0.25) is 0 Å². The van der Waals surface area contributed by atoms with E-state index in [1.54, 1.807) is 0 Å². The van der Waals surface area contributed by atoms with Crippen LogP contribution in [-0.4, -0.2) is 0 Å². The van der Waals surface area contributed by atoms with Gasteiger partial charge in [0.15, 0.2) is 0 Å². The van der Waals surface area contributed by atoms with E-state index in [0.29, 0.717) is 0 Å². The van der Waals surface area contributed by atoms with Gasteiger partial charge in [-0.25, -0.2) is 0 Å². The zero-order valence-corrected chi connectivity index (χ0v) is 36.2. The van der Waals surface area contributed by atoms with Crippen LogP contribution in [0.25, 0.3) is 107 Å². The van der Waals surface area contributed by atoms with E-state index in [2.05, 4.69) is 229 Å². The lowest BCUT2D eigenvalue weighted by Crippen LogP contribution is -2.11. The van der Waals surface area contributed by atoms with Gasteiger partial charge < -0.3 is 9.32 Å². The Morgan fingerprint density at radius 1 is 0.312 bits per heavy atom. The maximum atomic E-state index is 7.14. The SMILES string of the molecule is c1ccc(-c2ccc3c(c2)oc2c(-c4ccccc4)ccc(N(c4ccc5c(c4)sc4ccccc45)c4cc(-c5ccccc5)cc5sc6cc(-c7ccccc7)ccc6c45)c23)cc1. The molecule has 0 saturated heterocycles. The van der Waals surface area contributed by atoms with E-state index >= 15 is 0 Å². The largest absolute Gasteiger partial charge is 0.455 e. The average Bonchev–Trinajstić information content (AvgIpc) is 4.06. The normalized spacial score (nSPS) is 11.8. The molecule has 0 fully saturated rings. The van der Waals surface area contributed by atoms with Gasteiger partial charge in [-0.15, -0.1) is 22.7 Å². The van der Waals surface area contributed by atoms with Crippen LogP contribution in [-0.2, 0) is 0 Å². The highest BCUT2D eigenvalue weighted by molar-refractivity contribution is 7.26. The molecule has 0 aliphatic rings. The average molecular weight is 852 g/mol. The van der Waals surface area contributed by atoms with Crippen molar-refractivity contribution in [1.29, 1.82) is 0 Å². The molecule has 0 aliphatic carbocycles. The fourth-order valence-corrected chi connectivity index (χ4v) is 12.0. The molecule has 0 saturated carbocycles. The second kappa shape index (κ2) is 15.0. The fraction of sp³-hybridized carbons (Fsp3) is 0. The lowest BCUT2D eigenvalue weighted by atomic mass is 9.97. The Morgan fingerprint density at radius 3 is 1.58 bits per heavy atom. The number of hydrogen-bond acceptors (Lipinski definition) is 4. The Balaban J connectivity index is 1.15. The van der Waals surface area contributed by atoms with Gasteiger partial charge in [-0.2, -0.15) is 0 Å². The summed E-state index contributed by atoms with van der Waals surface area (Å²) in [6, 6.07) is 81.6. The molecule has 0 aliphatic heterocycles. The minimum atomic E-state index is 0.860. The fourth-order valence-electron chi connectivity index (χ4n) is 9.63. The maximum Gasteiger partial charge on any atom is 0.145 e. The molecule has 13 aromatic rings. The van der Waals surface area contributed by atoms with E-state index in [9.17, 15) is 0 Å². The van der Waals surface area contributed by atoms with Gasteiger partial charge in [0, 0.05) is 57.0 Å². The van der Waals surface area contributed by atoms with Crippen LogP contribution in [0.15, 0.2) is 229 Å². The van der Waals surface area contributed by atoms with Crippen LogP contribution in [0.5, 0.6) is 0 Å². The molecule has 2 nitrogen and oxygen atoms in total. The van der Waals surface area contributed by atoms with Gasteiger partial charge in [0.25, 0.3) is 0 Å². The first kappa shape index (κ1) is 36.9. The van der Waals surface area contributed by atoms with Crippen LogP contribution < -0.4 is 4.90 Å². The molecule has 3 heterocycles. The van der Waals surface area contributed by atoms with Crippen molar-refractivity contribution in [2.75, 3.05) is 4.90 Å². The van der Waals surface area contributed by atoms with E-state index in [-0.39, 0.29) is 0 Å². The summed E-state index contributed by atoms with van der Waals surface area (Å²) < 4.78 is 12.2. The first-order valence-corrected chi connectivity index (χ1v) is 23.3. The number of hydrogen-bond donors (Lipinski definition) is 0. The lowest BCUT2D eigenvalue weighted by molar-refractivity contribution is 0.670. The van der Waals surface area contributed by atoms with Crippen LogP contribution >= 0.6 is 22.7 Å². The lowest BCUT2D eigenvalue weighted by Gasteiger charge is -2.28. The number of benzene rings is 10. The Kier molecular flexibility index (Phi) is 8.61. The van der Waals surface area contributed by atoms with Gasteiger partial charge in [-0.05, 0) is 99.6 Å². The van der Waals surface area contributed by atoms with Crippen LogP contribution in [0.1, 0.15) is 0 Å². The van der Waals surface area contributed by atoms with E-state index in [1.807, 2.05) is 22.7 Å². The third-order valence-corrected chi connectivity index (χ3v) is 14.9. The summed E-state index contributed by atoms with van der Waals surface area (Å²) >= 11 is 3.73. The Morgan fingerprint density at radius 2 is 0.859 bits per heavy atom. The number of nitrogens with zero attached hydrogens (tertiary/aromatic N) is 1. The summed E-state index contributed by atoms with van der Waals surface area (Å²) in [4.78, 5) is 2.52. The summed E-state index contributed by atoms with van der Waals surface area (Å²) in [5, 5.41) is 7.19. The van der Waals surface area contributed by atoms with Crippen molar-refractivity contribution in [3.63, 3.8) is 0 Å². The Bertz CT molecular complexity index is 3890. The number of thiophene rings is 2. The number of anilines is 3. The maximum absolute atomic E-state index is 7.14. The molecule has 64 heavy (non-hydrogen) atoms. The molecule has 0 unspecified atom stereocenters. The highest BCUT2D eigenvalue weighted by atomic mass is 32.1. The van der Waals surface area contributed by atoms with E-state index in [4.69, 9.17) is 4.42 Å². The van der Waals surface area contributed by atoms with Crippen molar-refractivity contribution in [2.24, 2.45) is 0 Å². The number of rotatable bonds is 7. The third kappa shape index (κ3) is 6.06. The smallest absolute Gasteiger partial charge is 0.145 e. The zero-order valence-electron chi connectivity index (χ0n) is 34.5. The molecular weight excluding hydrogens is 815 g/mol. The van der Waals surface area contributed by atoms with Crippen molar-refractivity contribution < 1.29 is 4.42 Å². The first-order valence-electron chi connectivity index (χ1n) is 21.6. The van der Waals surface area contributed by atoms with E-state index < -0.39 is 0 Å². The monoisotopic (exact) mass is 851 g/mol. The molecule has 0 radical (unpaired) electrons. The molecule has 300 valence electrons. The van der Waals surface area contributed by atoms with Gasteiger partial charge in [-0.1, -0.05) is 164 Å². The molecule has 4 heteroatoms. The van der Waals surface area contributed by atoms with Crippen molar-refractivity contribution in [1.82, 2.24) is 0 Å².